The van der Waals surface area contributed by atoms with E-state index in [4.69, 9.17) is 23.9 Å². The molecule has 4 aromatic rings. The van der Waals surface area contributed by atoms with E-state index in [1.165, 1.54) is 37.1 Å². The first-order valence-corrected chi connectivity index (χ1v) is 14.5. The molecule has 0 aliphatic rings. The van der Waals surface area contributed by atoms with Crippen molar-refractivity contribution in [1.29, 1.82) is 0 Å². The lowest BCUT2D eigenvalue weighted by atomic mass is 9.96. The largest absolute Gasteiger partial charge is 0.494 e. The molecule has 4 rings (SSSR count). The summed E-state index contributed by atoms with van der Waals surface area (Å²) in [5.74, 6) is 0.259. The minimum absolute atomic E-state index is 0.0250. The molecule has 1 heterocycles. The standard InChI is InChI=1S/C33H36N4O8/c1-8-43-28-14-20(5)25(17-24(28)19(3)4)31-35-26-13-11-10-12-23(26)32(38)36(31)34-18-22-15-27(37(40)41)30(29(16-22)44-9-2)45-21(6)33(39)42-7/h10-19,21H,8-9H2,1-7H3/t21-/m0/s1. The fourth-order valence-electron chi connectivity index (χ4n) is 4.79. The van der Waals surface area contributed by atoms with Gasteiger partial charge in [-0.2, -0.15) is 9.78 Å². The summed E-state index contributed by atoms with van der Waals surface area (Å²) in [6, 6.07) is 13.6. The van der Waals surface area contributed by atoms with Gasteiger partial charge in [-0.1, -0.05) is 26.0 Å². The zero-order valence-corrected chi connectivity index (χ0v) is 26.3. The lowest BCUT2D eigenvalue weighted by Gasteiger charge is -2.18. The molecule has 0 fully saturated rings. The Morgan fingerprint density at radius 2 is 1.76 bits per heavy atom. The molecule has 0 amide bonds. The second kappa shape index (κ2) is 14.0. The molecule has 0 spiro atoms. The van der Waals surface area contributed by atoms with Gasteiger partial charge < -0.3 is 18.9 Å². The van der Waals surface area contributed by atoms with Crippen LogP contribution in [0.5, 0.6) is 17.2 Å². The quantitative estimate of drug-likeness (QED) is 0.0807. The Hall–Kier alpha value is -5.26. The third-order valence-electron chi connectivity index (χ3n) is 6.98. The molecule has 236 valence electrons. The maximum Gasteiger partial charge on any atom is 0.346 e. The normalized spacial score (nSPS) is 12.0. The molecular weight excluding hydrogens is 580 g/mol. The number of carbonyl (C=O) groups is 1. The summed E-state index contributed by atoms with van der Waals surface area (Å²) in [6.07, 6.45) is 0.183. The number of nitro groups is 1. The van der Waals surface area contributed by atoms with Crippen molar-refractivity contribution in [3.05, 3.63) is 85.7 Å². The molecule has 3 aromatic carbocycles. The van der Waals surface area contributed by atoms with Crippen LogP contribution < -0.4 is 19.8 Å². The van der Waals surface area contributed by atoms with E-state index in [1.54, 1.807) is 31.2 Å². The lowest BCUT2D eigenvalue weighted by molar-refractivity contribution is -0.386. The number of benzene rings is 3. The maximum absolute atomic E-state index is 13.8. The van der Waals surface area contributed by atoms with Gasteiger partial charge >= 0.3 is 11.7 Å². The van der Waals surface area contributed by atoms with Crippen molar-refractivity contribution in [2.45, 2.75) is 53.6 Å². The van der Waals surface area contributed by atoms with Gasteiger partial charge in [0.25, 0.3) is 5.56 Å². The highest BCUT2D eigenvalue weighted by atomic mass is 16.6. The summed E-state index contributed by atoms with van der Waals surface area (Å²) in [7, 11) is 1.19. The van der Waals surface area contributed by atoms with Crippen molar-refractivity contribution in [3.8, 4) is 28.6 Å². The third kappa shape index (κ3) is 6.95. The predicted molar refractivity (Wildman–Crippen MR) is 171 cm³/mol. The van der Waals surface area contributed by atoms with E-state index in [0.717, 1.165) is 16.9 Å². The zero-order valence-electron chi connectivity index (χ0n) is 26.3. The first-order chi connectivity index (χ1) is 21.5. The Morgan fingerprint density at radius 1 is 1.07 bits per heavy atom. The summed E-state index contributed by atoms with van der Waals surface area (Å²) in [4.78, 5) is 42.1. The number of carbonyl (C=O) groups excluding carboxylic acids is 1. The van der Waals surface area contributed by atoms with Crippen LogP contribution in [-0.2, 0) is 9.53 Å². The van der Waals surface area contributed by atoms with Crippen molar-refractivity contribution in [1.82, 2.24) is 9.66 Å². The van der Waals surface area contributed by atoms with Gasteiger partial charge in [-0.3, -0.25) is 14.9 Å². The molecule has 0 saturated carbocycles. The van der Waals surface area contributed by atoms with Gasteiger partial charge in [0.05, 0.1) is 42.4 Å². The van der Waals surface area contributed by atoms with Crippen LogP contribution in [0.25, 0.3) is 22.3 Å². The monoisotopic (exact) mass is 616 g/mol. The fraction of sp³-hybridized carbons (Fsp3) is 0.333. The van der Waals surface area contributed by atoms with E-state index in [-0.39, 0.29) is 29.6 Å². The van der Waals surface area contributed by atoms with Gasteiger partial charge in [0.1, 0.15) is 5.75 Å². The van der Waals surface area contributed by atoms with E-state index in [0.29, 0.717) is 28.9 Å². The van der Waals surface area contributed by atoms with Crippen molar-refractivity contribution >= 4 is 28.8 Å². The van der Waals surface area contributed by atoms with Crippen LogP contribution in [0.3, 0.4) is 0 Å². The predicted octanol–water partition coefficient (Wildman–Crippen LogP) is 6.02. The average molecular weight is 617 g/mol. The summed E-state index contributed by atoms with van der Waals surface area (Å²) in [5.41, 5.74) is 2.33. The number of nitro benzene ring substituents is 1. The zero-order chi connectivity index (χ0) is 32.8. The number of rotatable bonds is 12. The summed E-state index contributed by atoms with van der Waals surface area (Å²) in [6.45, 7) is 11.7. The van der Waals surface area contributed by atoms with E-state index in [2.05, 4.69) is 18.9 Å². The number of ether oxygens (including phenoxy) is 4. The van der Waals surface area contributed by atoms with Gasteiger partial charge in [-0.25, -0.2) is 9.78 Å². The summed E-state index contributed by atoms with van der Waals surface area (Å²) >= 11 is 0. The first-order valence-electron chi connectivity index (χ1n) is 14.5. The molecule has 12 heteroatoms. The van der Waals surface area contributed by atoms with Crippen LogP contribution in [0.1, 0.15) is 57.2 Å². The molecule has 12 nitrogen and oxygen atoms in total. The molecule has 0 aliphatic heterocycles. The number of esters is 1. The van der Waals surface area contributed by atoms with Crippen LogP contribution in [0, 0.1) is 17.0 Å². The lowest BCUT2D eigenvalue weighted by Crippen LogP contribution is -2.25. The number of aromatic nitrogens is 2. The molecule has 1 atom stereocenters. The topological polar surface area (TPSA) is 144 Å². The van der Waals surface area contributed by atoms with Crippen LogP contribution in [0.15, 0.2) is 58.4 Å². The Labute approximate surface area is 260 Å². The van der Waals surface area contributed by atoms with Crippen molar-refractivity contribution in [3.63, 3.8) is 0 Å². The van der Waals surface area contributed by atoms with E-state index < -0.39 is 28.2 Å². The van der Waals surface area contributed by atoms with Crippen LogP contribution in [0.2, 0.25) is 0 Å². The van der Waals surface area contributed by atoms with Gasteiger partial charge in [-0.05, 0) is 75.1 Å². The maximum atomic E-state index is 13.8. The fourth-order valence-corrected chi connectivity index (χ4v) is 4.79. The van der Waals surface area contributed by atoms with E-state index >= 15 is 0 Å². The Morgan fingerprint density at radius 3 is 2.40 bits per heavy atom. The van der Waals surface area contributed by atoms with Gasteiger partial charge in [0, 0.05) is 17.2 Å². The number of hydrogen-bond acceptors (Lipinski definition) is 10. The average Bonchev–Trinajstić information content (AvgIpc) is 3.01. The Kier molecular flexibility index (Phi) is 10.2. The molecule has 0 radical (unpaired) electrons. The molecule has 0 bridgehead atoms. The second-order valence-electron chi connectivity index (χ2n) is 10.4. The van der Waals surface area contributed by atoms with Crippen LogP contribution in [0.4, 0.5) is 5.69 Å². The smallest absolute Gasteiger partial charge is 0.346 e. The van der Waals surface area contributed by atoms with Gasteiger partial charge in [0.2, 0.25) is 5.75 Å². The molecule has 0 N–H and O–H groups in total. The third-order valence-corrected chi connectivity index (χ3v) is 6.98. The number of aryl methyl sites for hydroxylation is 1. The van der Waals surface area contributed by atoms with Gasteiger partial charge in [0.15, 0.2) is 17.7 Å². The summed E-state index contributed by atoms with van der Waals surface area (Å²) < 4.78 is 23.0. The van der Waals surface area contributed by atoms with Crippen LogP contribution in [-0.4, -0.2) is 53.2 Å². The molecular formula is C33H36N4O8. The molecule has 0 unspecified atom stereocenters. The number of nitrogens with zero attached hydrogens (tertiary/aromatic N) is 4. The van der Waals surface area contributed by atoms with E-state index in [9.17, 15) is 19.7 Å². The summed E-state index contributed by atoms with van der Waals surface area (Å²) in [5, 5.41) is 17.0. The first kappa shape index (κ1) is 32.6. The molecule has 45 heavy (non-hydrogen) atoms. The highest BCUT2D eigenvalue weighted by Gasteiger charge is 2.27. The van der Waals surface area contributed by atoms with Crippen molar-refractivity contribution in [2.75, 3.05) is 20.3 Å². The van der Waals surface area contributed by atoms with Crippen molar-refractivity contribution in [2.24, 2.45) is 5.10 Å². The number of methoxy groups -OCH3 is 1. The van der Waals surface area contributed by atoms with Crippen LogP contribution >= 0.6 is 0 Å². The Bertz CT molecular complexity index is 1830. The SMILES string of the molecule is CCOc1cc(C)c(-c2nc3ccccc3c(=O)n2N=Cc2cc(OCC)c(O[C@@H](C)C(=O)OC)c([N+](=O)[O-])c2)cc1C(C)C. The minimum Gasteiger partial charge on any atom is -0.494 e. The molecule has 0 aliphatic carbocycles. The minimum atomic E-state index is -1.13. The second-order valence-corrected chi connectivity index (χ2v) is 10.4. The number of para-hydroxylation sites is 1. The molecule has 1 aromatic heterocycles. The highest BCUT2D eigenvalue weighted by Crippen LogP contribution is 2.39. The molecule has 0 saturated heterocycles. The number of hydrogen-bond donors (Lipinski definition) is 0. The van der Waals surface area contributed by atoms with Gasteiger partial charge in [-0.15, -0.1) is 0 Å². The highest BCUT2D eigenvalue weighted by molar-refractivity contribution is 5.85. The Balaban J connectivity index is 1.93. The van der Waals surface area contributed by atoms with E-state index in [1.807, 2.05) is 26.0 Å². The number of fused-ring (bicyclic) bond motifs is 1. The van der Waals surface area contributed by atoms with Crippen molar-refractivity contribution < 1.29 is 28.7 Å².